The third-order valence-corrected chi connectivity index (χ3v) is 4.42. The van der Waals surface area contributed by atoms with Crippen molar-refractivity contribution in [2.24, 2.45) is 11.7 Å². The quantitative estimate of drug-likeness (QED) is 0.901. The molecule has 1 fully saturated rings. The van der Waals surface area contributed by atoms with Gasteiger partial charge in [0.2, 0.25) is 0 Å². The minimum absolute atomic E-state index is 0.488. The molecule has 4 heteroatoms. The first-order valence-electron chi connectivity index (χ1n) is 6.29. The van der Waals surface area contributed by atoms with Gasteiger partial charge in [-0.05, 0) is 59.8 Å². The number of nitrogens with one attached hydrogen (secondary N) is 1. The van der Waals surface area contributed by atoms with E-state index >= 15 is 0 Å². The van der Waals surface area contributed by atoms with Gasteiger partial charge in [0, 0.05) is 16.7 Å². The number of aryl methyl sites for hydroxylation is 1. The summed E-state index contributed by atoms with van der Waals surface area (Å²) in [6.45, 7) is 2.85. The van der Waals surface area contributed by atoms with Crippen LogP contribution < -0.4 is 11.1 Å². The molecule has 0 bridgehead atoms. The summed E-state index contributed by atoms with van der Waals surface area (Å²) in [6, 6.07) is 2.58. The van der Waals surface area contributed by atoms with Gasteiger partial charge in [0.15, 0.2) is 0 Å². The van der Waals surface area contributed by atoms with E-state index < -0.39 is 0 Å². The average molecular weight is 298 g/mol. The molecule has 2 rings (SSSR count). The van der Waals surface area contributed by atoms with Crippen molar-refractivity contribution in [2.75, 3.05) is 11.9 Å². The Morgan fingerprint density at radius 3 is 2.94 bits per heavy atom. The standard InChI is InChI=1S/C13H20BrN3/c1-9-6-13(16-8-11(9)14)17-12-5-3-2-4-10(12)7-15/h6,8,10,12H,2-5,7,15H2,1H3,(H,16,17). The van der Waals surface area contributed by atoms with Gasteiger partial charge in [-0.1, -0.05) is 12.8 Å². The second-order valence-corrected chi connectivity index (χ2v) is 5.70. The van der Waals surface area contributed by atoms with Crippen LogP contribution >= 0.6 is 15.9 Å². The number of nitrogens with zero attached hydrogens (tertiary/aromatic N) is 1. The fourth-order valence-corrected chi connectivity index (χ4v) is 2.70. The largest absolute Gasteiger partial charge is 0.367 e. The van der Waals surface area contributed by atoms with Crippen molar-refractivity contribution in [1.82, 2.24) is 4.98 Å². The van der Waals surface area contributed by atoms with Gasteiger partial charge >= 0.3 is 0 Å². The smallest absolute Gasteiger partial charge is 0.126 e. The monoisotopic (exact) mass is 297 g/mol. The minimum atomic E-state index is 0.488. The Labute approximate surface area is 111 Å². The molecule has 94 valence electrons. The lowest BCUT2D eigenvalue weighted by Crippen LogP contribution is -2.36. The third-order valence-electron chi connectivity index (χ3n) is 3.59. The molecule has 1 saturated carbocycles. The molecule has 1 heterocycles. The van der Waals surface area contributed by atoms with Crippen molar-refractivity contribution in [3.05, 3.63) is 22.3 Å². The highest BCUT2D eigenvalue weighted by Gasteiger charge is 2.23. The SMILES string of the molecule is Cc1cc(NC2CCCCC2CN)ncc1Br. The summed E-state index contributed by atoms with van der Waals surface area (Å²) in [7, 11) is 0. The van der Waals surface area contributed by atoms with E-state index in [0.717, 1.165) is 16.8 Å². The van der Waals surface area contributed by atoms with Crippen molar-refractivity contribution in [2.45, 2.75) is 38.6 Å². The maximum absolute atomic E-state index is 5.83. The van der Waals surface area contributed by atoms with Crippen LogP contribution in [0.15, 0.2) is 16.7 Å². The number of nitrogens with two attached hydrogens (primary N) is 1. The van der Waals surface area contributed by atoms with Crippen molar-refractivity contribution in [3.63, 3.8) is 0 Å². The van der Waals surface area contributed by atoms with Gasteiger partial charge in [-0.15, -0.1) is 0 Å². The van der Waals surface area contributed by atoms with Gasteiger partial charge < -0.3 is 11.1 Å². The van der Waals surface area contributed by atoms with Crippen molar-refractivity contribution >= 4 is 21.7 Å². The summed E-state index contributed by atoms with van der Waals surface area (Å²) in [6.07, 6.45) is 6.91. The first kappa shape index (κ1) is 12.8. The van der Waals surface area contributed by atoms with Crippen LogP contribution in [0, 0.1) is 12.8 Å². The molecule has 2 unspecified atom stereocenters. The third kappa shape index (κ3) is 3.19. The molecule has 1 aliphatic rings. The Balaban J connectivity index is 2.05. The number of hydrogen-bond donors (Lipinski definition) is 2. The number of anilines is 1. The molecule has 1 aromatic rings. The zero-order valence-corrected chi connectivity index (χ0v) is 11.8. The fourth-order valence-electron chi connectivity index (χ4n) is 2.49. The van der Waals surface area contributed by atoms with Crippen LogP contribution in [0.3, 0.4) is 0 Å². The van der Waals surface area contributed by atoms with E-state index in [1.807, 2.05) is 6.20 Å². The summed E-state index contributed by atoms with van der Waals surface area (Å²) in [5.74, 6) is 1.56. The molecule has 0 spiro atoms. The molecular weight excluding hydrogens is 278 g/mol. The molecular formula is C13H20BrN3. The van der Waals surface area contributed by atoms with E-state index in [2.05, 4.69) is 39.2 Å². The maximum atomic E-state index is 5.83. The molecule has 3 N–H and O–H groups in total. The van der Waals surface area contributed by atoms with Gasteiger partial charge in [-0.2, -0.15) is 0 Å². The van der Waals surface area contributed by atoms with Crippen LogP contribution in [0.1, 0.15) is 31.2 Å². The number of halogens is 1. The van der Waals surface area contributed by atoms with Gasteiger partial charge in [0.1, 0.15) is 5.82 Å². The van der Waals surface area contributed by atoms with E-state index in [1.165, 1.54) is 31.2 Å². The van der Waals surface area contributed by atoms with Crippen LogP contribution in [0.25, 0.3) is 0 Å². The zero-order chi connectivity index (χ0) is 12.3. The minimum Gasteiger partial charge on any atom is -0.367 e. The number of aromatic nitrogens is 1. The molecule has 0 amide bonds. The summed E-state index contributed by atoms with van der Waals surface area (Å²) in [5.41, 5.74) is 7.04. The van der Waals surface area contributed by atoms with Gasteiger partial charge in [0.05, 0.1) is 0 Å². The predicted octanol–water partition coefficient (Wildman–Crippen LogP) is 3.08. The predicted molar refractivity (Wildman–Crippen MR) is 75.1 cm³/mol. The first-order chi connectivity index (χ1) is 8.20. The van der Waals surface area contributed by atoms with Crippen LogP contribution in [0.4, 0.5) is 5.82 Å². The number of rotatable bonds is 3. The highest BCUT2D eigenvalue weighted by molar-refractivity contribution is 9.10. The van der Waals surface area contributed by atoms with E-state index in [-0.39, 0.29) is 0 Å². The van der Waals surface area contributed by atoms with Gasteiger partial charge in [0.25, 0.3) is 0 Å². The van der Waals surface area contributed by atoms with Crippen molar-refractivity contribution < 1.29 is 0 Å². The van der Waals surface area contributed by atoms with Crippen LogP contribution in [0.2, 0.25) is 0 Å². The van der Waals surface area contributed by atoms with E-state index in [0.29, 0.717) is 12.0 Å². The van der Waals surface area contributed by atoms with Crippen molar-refractivity contribution in [1.29, 1.82) is 0 Å². The maximum Gasteiger partial charge on any atom is 0.126 e. The Hall–Kier alpha value is -0.610. The van der Waals surface area contributed by atoms with Crippen LogP contribution in [-0.4, -0.2) is 17.6 Å². The van der Waals surface area contributed by atoms with E-state index in [1.54, 1.807) is 0 Å². The number of pyridine rings is 1. The Morgan fingerprint density at radius 2 is 2.24 bits per heavy atom. The second kappa shape index (κ2) is 5.83. The zero-order valence-electron chi connectivity index (χ0n) is 10.2. The fraction of sp³-hybridized carbons (Fsp3) is 0.615. The summed E-state index contributed by atoms with van der Waals surface area (Å²) in [5, 5.41) is 3.54. The summed E-state index contributed by atoms with van der Waals surface area (Å²) in [4.78, 5) is 4.40. The molecule has 2 atom stereocenters. The first-order valence-corrected chi connectivity index (χ1v) is 7.08. The normalized spacial score (nSPS) is 24.6. The Morgan fingerprint density at radius 1 is 1.47 bits per heavy atom. The highest BCUT2D eigenvalue weighted by Crippen LogP contribution is 2.27. The van der Waals surface area contributed by atoms with Crippen molar-refractivity contribution in [3.8, 4) is 0 Å². The van der Waals surface area contributed by atoms with E-state index in [9.17, 15) is 0 Å². The van der Waals surface area contributed by atoms with Crippen LogP contribution in [-0.2, 0) is 0 Å². The molecule has 0 aromatic carbocycles. The molecule has 3 nitrogen and oxygen atoms in total. The van der Waals surface area contributed by atoms with Gasteiger partial charge in [-0.3, -0.25) is 0 Å². The lowest BCUT2D eigenvalue weighted by atomic mass is 9.84. The molecule has 1 aliphatic carbocycles. The highest BCUT2D eigenvalue weighted by atomic mass is 79.9. The average Bonchev–Trinajstić information content (AvgIpc) is 2.34. The lowest BCUT2D eigenvalue weighted by molar-refractivity contribution is 0.332. The molecule has 0 aliphatic heterocycles. The van der Waals surface area contributed by atoms with E-state index in [4.69, 9.17) is 5.73 Å². The van der Waals surface area contributed by atoms with Crippen LogP contribution in [0.5, 0.6) is 0 Å². The second-order valence-electron chi connectivity index (χ2n) is 4.85. The summed E-state index contributed by atoms with van der Waals surface area (Å²) < 4.78 is 1.06. The molecule has 0 saturated heterocycles. The van der Waals surface area contributed by atoms with Gasteiger partial charge in [-0.25, -0.2) is 4.98 Å². The molecule has 0 radical (unpaired) electrons. The summed E-state index contributed by atoms with van der Waals surface area (Å²) >= 11 is 3.47. The Bertz CT molecular complexity index is 381. The number of hydrogen-bond acceptors (Lipinski definition) is 3. The molecule has 17 heavy (non-hydrogen) atoms. The lowest BCUT2D eigenvalue weighted by Gasteiger charge is -2.31. The molecule has 1 aromatic heterocycles. The Kier molecular flexibility index (Phi) is 4.40. The topological polar surface area (TPSA) is 50.9 Å².